The topological polar surface area (TPSA) is 281 Å². The molecular formula is C54H60BrCl5N12O6S4. The molecule has 82 heavy (non-hydrogen) atoms. The molecule has 0 unspecified atom stereocenters. The first-order chi connectivity index (χ1) is 38.5. The van der Waals surface area contributed by atoms with Gasteiger partial charge >= 0.3 is 12.6 Å². The highest BCUT2D eigenvalue weighted by Gasteiger charge is 2.55. The molecule has 9 aromatic rings. The Bertz CT molecular complexity index is 3630. The summed E-state index contributed by atoms with van der Waals surface area (Å²) in [4.78, 5) is 49.9. The number of hydrogen-bond acceptors (Lipinski definition) is 21. The molecule has 28 heteroatoms. The van der Waals surface area contributed by atoms with E-state index in [9.17, 15) is 0 Å². The van der Waals surface area contributed by atoms with Gasteiger partial charge in [-0.1, -0.05) is 6.07 Å². The van der Waals surface area contributed by atoms with E-state index in [0.717, 1.165) is 89.9 Å². The Kier molecular flexibility index (Phi) is 21.1. The Morgan fingerprint density at radius 1 is 0.732 bits per heavy atom. The van der Waals surface area contributed by atoms with Gasteiger partial charge in [-0.15, -0.1) is 70.2 Å². The molecule has 10 N–H and O–H groups in total. The van der Waals surface area contributed by atoms with Crippen LogP contribution in [0.25, 0.3) is 30.6 Å². The normalized spacial score (nSPS) is 16.4. The predicted octanol–water partition coefficient (Wildman–Crippen LogP) is 14.6. The van der Waals surface area contributed by atoms with Gasteiger partial charge in [-0.2, -0.15) is 15.0 Å². The lowest BCUT2D eigenvalue weighted by Crippen LogP contribution is -2.36. The van der Waals surface area contributed by atoms with Crippen molar-refractivity contribution in [1.29, 1.82) is 0 Å². The van der Waals surface area contributed by atoms with Crippen LogP contribution in [0.15, 0.2) is 67.6 Å². The quantitative estimate of drug-likeness (QED) is 0.0182. The summed E-state index contributed by atoms with van der Waals surface area (Å²) in [6.07, 6.45) is 12.3. The predicted molar refractivity (Wildman–Crippen MR) is 338 cm³/mol. The summed E-state index contributed by atoms with van der Waals surface area (Å²) in [7, 11) is 0. The molecular weight excluding hydrogens is 1300 g/mol. The SMILES string of the molecule is Cc1c(C2([C@@H](N)C3CC3)CC2)sc2c(NCc3ccco3)nc(Cl)nc12.Cc1c(C2([C@H](C)N)CC2)sc2c(NCc3ccco3)nc(Cl)nc12.Cl.Cl.N[C@H](Cc1sc2c(NCc3cccs3)nc(Cl)nc2c1Br)C1CC1.O=COC(=O)O. The number of carbonyl (C=O) groups is 2. The summed E-state index contributed by atoms with van der Waals surface area (Å²) >= 11 is 29.1. The lowest BCUT2D eigenvalue weighted by molar-refractivity contribution is -0.124. The van der Waals surface area contributed by atoms with Crippen molar-refractivity contribution < 1.29 is 28.3 Å². The minimum absolute atomic E-state index is 0. The summed E-state index contributed by atoms with van der Waals surface area (Å²) < 4.78 is 18.2. The highest BCUT2D eigenvalue weighted by molar-refractivity contribution is 9.10. The van der Waals surface area contributed by atoms with Crippen LogP contribution in [-0.2, 0) is 46.4 Å². The monoisotopic (exact) mass is 1350 g/mol. The summed E-state index contributed by atoms with van der Waals surface area (Å²) in [5.74, 6) is 5.38. The number of rotatable bonds is 18. The van der Waals surface area contributed by atoms with Crippen LogP contribution in [0.1, 0.15) is 100 Å². The number of aryl methyl sites for hydroxylation is 2. The van der Waals surface area contributed by atoms with E-state index >= 15 is 0 Å². The Balaban J connectivity index is 0.000000152. The Labute approximate surface area is 524 Å². The highest BCUT2D eigenvalue weighted by atomic mass is 79.9. The molecule has 0 bridgehead atoms. The van der Waals surface area contributed by atoms with Crippen LogP contribution in [0, 0.1) is 25.7 Å². The van der Waals surface area contributed by atoms with Gasteiger partial charge in [-0.05, 0) is 188 Å². The molecule has 0 spiro atoms. The number of carboxylic acid groups (broad SMARTS) is 1. The van der Waals surface area contributed by atoms with Gasteiger partial charge in [0, 0.05) is 48.5 Å². The number of furan rings is 2. The molecule has 18 nitrogen and oxygen atoms in total. The van der Waals surface area contributed by atoms with Gasteiger partial charge in [0.05, 0.1) is 61.8 Å². The van der Waals surface area contributed by atoms with E-state index in [1.165, 1.54) is 69.2 Å². The van der Waals surface area contributed by atoms with Crippen LogP contribution in [0.4, 0.5) is 22.2 Å². The number of anilines is 3. The van der Waals surface area contributed by atoms with Crippen molar-refractivity contribution in [3.8, 4) is 0 Å². The first-order valence-corrected chi connectivity index (χ1v) is 31.2. The molecule has 4 aliphatic rings. The fourth-order valence-electron chi connectivity index (χ4n) is 10.0. The van der Waals surface area contributed by atoms with Gasteiger partial charge in [-0.25, -0.2) is 19.7 Å². The van der Waals surface area contributed by atoms with Crippen molar-refractivity contribution in [1.82, 2.24) is 29.9 Å². The first kappa shape index (κ1) is 63.5. The van der Waals surface area contributed by atoms with Crippen LogP contribution < -0.4 is 33.2 Å². The lowest BCUT2D eigenvalue weighted by atomic mass is 9.89. The van der Waals surface area contributed by atoms with Crippen molar-refractivity contribution in [3.63, 3.8) is 0 Å². The second-order valence-electron chi connectivity index (χ2n) is 20.5. The zero-order valence-corrected chi connectivity index (χ0v) is 53.3. The van der Waals surface area contributed by atoms with Crippen molar-refractivity contribution in [2.75, 3.05) is 16.0 Å². The maximum atomic E-state index is 9.15. The number of hydrogen-bond donors (Lipinski definition) is 7. The van der Waals surface area contributed by atoms with E-state index in [0.29, 0.717) is 24.9 Å². The van der Waals surface area contributed by atoms with Crippen molar-refractivity contribution >= 4 is 182 Å². The van der Waals surface area contributed by atoms with E-state index in [1.807, 2.05) is 30.3 Å². The highest BCUT2D eigenvalue weighted by Crippen LogP contribution is 2.60. The zero-order chi connectivity index (χ0) is 56.5. The molecule has 438 valence electrons. The van der Waals surface area contributed by atoms with E-state index in [-0.39, 0.29) is 76.1 Å². The maximum Gasteiger partial charge on any atom is 0.513 e. The van der Waals surface area contributed by atoms with Gasteiger partial charge in [-0.3, -0.25) is 4.79 Å². The smallest absolute Gasteiger partial charge is 0.467 e. The van der Waals surface area contributed by atoms with Gasteiger partial charge in [0.1, 0.15) is 34.5 Å². The van der Waals surface area contributed by atoms with Crippen molar-refractivity contribution in [3.05, 3.63) is 117 Å². The Hall–Kier alpha value is -4.47. The van der Waals surface area contributed by atoms with Crippen molar-refractivity contribution in [2.45, 2.75) is 127 Å². The van der Waals surface area contributed by atoms with Gasteiger partial charge < -0.3 is 51.8 Å². The average molecular weight is 1360 g/mol. The van der Waals surface area contributed by atoms with Crippen LogP contribution in [0.5, 0.6) is 0 Å². The van der Waals surface area contributed by atoms with E-state index in [2.05, 4.69) is 98.7 Å². The second kappa shape index (κ2) is 27.3. The van der Waals surface area contributed by atoms with E-state index in [4.69, 9.17) is 75.5 Å². The Morgan fingerprint density at radius 3 is 1.61 bits per heavy atom. The number of nitrogens with zero attached hydrogens (tertiary/aromatic N) is 6. The number of carbonyl (C=O) groups excluding carboxylic acids is 1. The molecule has 9 aromatic heterocycles. The largest absolute Gasteiger partial charge is 0.513 e. The molecule has 4 fully saturated rings. The van der Waals surface area contributed by atoms with Crippen LogP contribution >= 0.6 is 121 Å². The summed E-state index contributed by atoms with van der Waals surface area (Å²) in [5.41, 5.74) is 24.6. The number of halogens is 6. The number of fused-ring (bicyclic) bond motifs is 3. The molecule has 4 saturated carbocycles. The fraction of sp³-hybridized carbons (Fsp3) is 0.407. The number of aromatic nitrogens is 6. The summed E-state index contributed by atoms with van der Waals surface area (Å²) in [6, 6.07) is 12.4. The summed E-state index contributed by atoms with van der Waals surface area (Å²) in [5, 5.41) is 20.4. The minimum atomic E-state index is -1.58. The van der Waals surface area contributed by atoms with E-state index < -0.39 is 6.16 Å². The number of nitrogens with two attached hydrogens (primary N) is 3. The van der Waals surface area contributed by atoms with E-state index in [1.54, 1.807) is 57.9 Å². The van der Waals surface area contributed by atoms with Crippen LogP contribution in [0.3, 0.4) is 0 Å². The molecule has 9 heterocycles. The second-order valence-corrected chi connectivity index (χ2v) is 26.4. The third-order valence-electron chi connectivity index (χ3n) is 14.9. The first-order valence-electron chi connectivity index (χ1n) is 26.0. The van der Waals surface area contributed by atoms with Gasteiger partial charge in [0.2, 0.25) is 15.9 Å². The molecule has 0 saturated heterocycles. The van der Waals surface area contributed by atoms with Crippen LogP contribution in [-0.4, -0.2) is 65.8 Å². The molecule has 0 radical (unpaired) electrons. The third kappa shape index (κ3) is 14.4. The molecule has 3 atom stereocenters. The number of thiophene rings is 4. The fourth-order valence-corrected chi connectivity index (χ4v) is 16.2. The third-order valence-corrected chi connectivity index (χ3v) is 21.7. The van der Waals surface area contributed by atoms with Gasteiger partial charge in [0.25, 0.3) is 0 Å². The Morgan fingerprint density at radius 2 is 1.21 bits per heavy atom. The molecule has 4 aliphatic carbocycles. The number of nitrogens with one attached hydrogen (secondary N) is 3. The average Bonchev–Trinajstić information content (AvgIpc) is 2.27. The summed E-state index contributed by atoms with van der Waals surface area (Å²) in [6.45, 7) is 8.04. The van der Waals surface area contributed by atoms with Crippen molar-refractivity contribution in [2.24, 2.45) is 29.0 Å². The molecule has 0 aromatic carbocycles. The maximum absolute atomic E-state index is 9.15. The zero-order valence-electron chi connectivity index (χ0n) is 44.5. The van der Waals surface area contributed by atoms with Crippen LogP contribution in [0.2, 0.25) is 15.9 Å². The molecule has 13 rings (SSSR count). The molecule has 0 aliphatic heterocycles. The number of ether oxygens (including phenoxy) is 1. The van der Waals surface area contributed by atoms with Gasteiger partial charge in [0.15, 0.2) is 0 Å². The molecule has 0 amide bonds. The lowest BCUT2D eigenvalue weighted by Gasteiger charge is -2.22. The standard InChI is InChI=1S/C19H21ClN4OS.C17H19ClN4OS.C16H16BrClN4S2.C2H2O4.2ClH/c1-10-13-14(26-16(10)19(6-7-19)15(21)11-4-5-11)17(24-18(20)23-13)22-9-12-3-2-8-25-12;1-9-12-13(24-14(9)17(5-6-17)10(2)19)15(22-16(18)21-12)20-8-11-4-3-7-23-11;17-12-11(6-10(19)8-3-4-8)24-14-13(12)21-16(18)22-15(14)20-7-9-2-1-5-23-9;3-1-6-2(4)5;;/h2-3,8,11,15H,4-7,9,21H2,1H3,(H,22,23,24);3-4,7,10H,5-6,8,19H2,1-2H3,(H,20,21,22);1-2,5,8,10H,3-4,6-7,19H2,(H,20,21,22);1H,(H,4,5);2*1H/t15-;2*10-;;;/m001.../s1. The minimum Gasteiger partial charge on any atom is -0.467 e.